The summed E-state index contributed by atoms with van der Waals surface area (Å²) in [5, 5.41) is 3.65. The van der Waals surface area contributed by atoms with Crippen LogP contribution in [0.5, 0.6) is 5.75 Å². The monoisotopic (exact) mass is 392 g/mol. The number of ether oxygens (including phenoxy) is 1. The second kappa shape index (κ2) is 6.12. The molecule has 0 radical (unpaired) electrons. The number of hydrogen-bond donors (Lipinski definition) is 1. The van der Waals surface area contributed by atoms with E-state index in [4.69, 9.17) is 17.0 Å². The summed E-state index contributed by atoms with van der Waals surface area (Å²) in [6.07, 6.45) is -2.93. The van der Waals surface area contributed by atoms with Gasteiger partial charge >= 0.3 is 6.18 Å². The van der Waals surface area contributed by atoms with Crippen molar-refractivity contribution in [2.75, 3.05) is 4.90 Å². The molecule has 0 spiro atoms. The van der Waals surface area contributed by atoms with Gasteiger partial charge in [-0.15, -0.1) is 0 Å². The molecule has 2 bridgehead atoms. The minimum Gasteiger partial charge on any atom is -0.467 e. The summed E-state index contributed by atoms with van der Waals surface area (Å²) in [5.41, 5.74) is 1.03. The van der Waals surface area contributed by atoms with Crippen molar-refractivity contribution in [2.45, 2.75) is 44.6 Å². The van der Waals surface area contributed by atoms with E-state index >= 15 is 0 Å². The van der Waals surface area contributed by atoms with E-state index in [1.54, 1.807) is 11.0 Å². The lowest BCUT2D eigenvalue weighted by atomic mass is 9.89. The van der Waals surface area contributed by atoms with E-state index in [1.807, 2.05) is 19.1 Å². The van der Waals surface area contributed by atoms with E-state index in [0.29, 0.717) is 17.2 Å². The number of aryl methyl sites for hydroxylation is 1. The fraction of sp³-hybridized carbons (Fsp3) is 0.350. The number of thiocarbonyl (C=S) groups is 1. The minimum atomic E-state index is -4.42. The van der Waals surface area contributed by atoms with Crippen molar-refractivity contribution in [1.82, 2.24) is 5.32 Å². The number of halogens is 3. The Hall–Kier alpha value is -2.28. The maximum atomic E-state index is 13.2. The van der Waals surface area contributed by atoms with Crippen LogP contribution in [-0.4, -0.2) is 10.8 Å². The molecule has 3 nitrogen and oxygen atoms in total. The molecule has 0 unspecified atom stereocenters. The summed E-state index contributed by atoms with van der Waals surface area (Å²) >= 11 is 5.52. The van der Waals surface area contributed by atoms with Crippen molar-refractivity contribution in [2.24, 2.45) is 0 Å². The molecule has 1 N–H and O–H groups in total. The molecule has 7 heteroatoms. The van der Waals surface area contributed by atoms with Gasteiger partial charge in [0.15, 0.2) is 10.8 Å². The lowest BCUT2D eigenvalue weighted by Gasteiger charge is -2.52. The molecule has 142 valence electrons. The number of alkyl halides is 3. The van der Waals surface area contributed by atoms with Gasteiger partial charge in [-0.3, -0.25) is 4.90 Å². The van der Waals surface area contributed by atoms with E-state index in [-0.39, 0.29) is 6.04 Å². The zero-order valence-corrected chi connectivity index (χ0v) is 15.7. The molecule has 2 aromatic rings. The summed E-state index contributed by atoms with van der Waals surface area (Å²) in [7, 11) is 0. The lowest BCUT2D eigenvalue weighted by molar-refractivity contribution is -0.137. The molecule has 0 saturated carbocycles. The van der Waals surface area contributed by atoms with Crippen LogP contribution >= 0.6 is 12.2 Å². The Kier molecular flexibility index (Phi) is 4.10. The van der Waals surface area contributed by atoms with Crippen LogP contribution in [-0.2, 0) is 12.6 Å². The Morgan fingerprint density at radius 3 is 2.74 bits per heavy atom. The largest absolute Gasteiger partial charge is 0.467 e. The van der Waals surface area contributed by atoms with Crippen LogP contribution in [0.3, 0.4) is 0 Å². The van der Waals surface area contributed by atoms with Crippen LogP contribution < -0.4 is 15.0 Å². The van der Waals surface area contributed by atoms with Gasteiger partial charge in [0.05, 0.1) is 11.6 Å². The first-order valence-corrected chi connectivity index (χ1v) is 9.22. The molecule has 2 atom stereocenters. The predicted octanol–water partition coefficient (Wildman–Crippen LogP) is 5.20. The number of benzene rings is 2. The number of anilines is 1. The summed E-state index contributed by atoms with van der Waals surface area (Å²) in [6.45, 7) is 3.95. The van der Waals surface area contributed by atoms with Crippen molar-refractivity contribution in [3.8, 4) is 5.75 Å². The van der Waals surface area contributed by atoms with Crippen molar-refractivity contribution < 1.29 is 17.9 Å². The highest BCUT2D eigenvalue weighted by atomic mass is 32.1. The maximum Gasteiger partial charge on any atom is 0.416 e. The fourth-order valence-corrected chi connectivity index (χ4v) is 4.30. The molecule has 4 rings (SSSR count). The van der Waals surface area contributed by atoms with Crippen LogP contribution in [0.4, 0.5) is 18.9 Å². The molecule has 0 amide bonds. The van der Waals surface area contributed by atoms with Crippen LogP contribution in [0.1, 0.15) is 43.0 Å². The summed E-state index contributed by atoms with van der Waals surface area (Å²) < 4.78 is 45.7. The van der Waals surface area contributed by atoms with E-state index < -0.39 is 17.5 Å². The van der Waals surface area contributed by atoms with E-state index in [1.165, 1.54) is 11.6 Å². The van der Waals surface area contributed by atoms with Crippen molar-refractivity contribution in [1.29, 1.82) is 0 Å². The first kappa shape index (κ1) is 18.1. The number of hydrogen-bond acceptors (Lipinski definition) is 2. The second-order valence-corrected chi connectivity index (χ2v) is 7.48. The Morgan fingerprint density at radius 1 is 1.26 bits per heavy atom. The highest BCUT2D eigenvalue weighted by Gasteiger charge is 2.48. The lowest BCUT2D eigenvalue weighted by Crippen LogP contribution is -2.65. The highest BCUT2D eigenvalue weighted by Crippen LogP contribution is 2.46. The summed E-state index contributed by atoms with van der Waals surface area (Å²) in [6, 6.07) is 11.2. The Balaban J connectivity index is 1.76. The van der Waals surface area contributed by atoms with E-state index in [9.17, 15) is 13.2 Å². The third-order valence-corrected chi connectivity index (χ3v) is 5.48. The summed E-state index contributed by atoms with van der Waals surface area (Å²) in [4.78, 5) is 1.64. The third-order valence-electron chi connectivity index (χ3n) is 5.18. The average molecular weight is 392 g/mol. The van der Waals surface area contributed by atoms with Gasteiger partial charge in [-0.25, -0.2) is 0 Å². The molecule has 2 aliphatic rings. The first-order valence-electron chi connectivity index (χ1n) is 8.81. The van der Waals surface area contributed by atoms with Crippen LogP contribution in [0, 0.1) is 0 Å². The second-order valence-electron chi connectivity index (χ2n) is 7.09. The Bertz CT molecular complexity index is 914. The molecule has 1 fully saturated rings. The van der Waals surface area contributed by atoms with Gasteiger partial charge in [0, 0.05) is 17.7 Å². The summed E-state index contributed by atoms with van der Waals surface area (Å²) in [5.74, 6) is 0.734. The zero-order valence-electron chi connectivity index (χ0n) is 14.9. The molecule has 27 heavy (non-hydrogen) atoms. The van der Waals surface area contributed by atoms with Gasteiger partial charge in [-0.2, -0.15) is 13.2 Å². The number of rotatable bonds is 2. The molecule has 2 aliphatic heterocycles. The van der Waals surface area contributed by atoms with Crippen molar-refractivity contribution in [3.63, 3.8) is 0 Å². The standard InChI is InChI=1S/C20H19F3N2OS/c1-3-12-7-8-17-15(9-12)16-11-19(2,26-17)25(18(27)24-16)14-6-4-5-13(10-14)20(21,22)23/h4-10,16H,3,11H2,1-2H3,(H,24,27)/t16-,19-/m1/s1. The average Bonchev–Trinajstić information content (AvgIpc) is 2.60. The number of fused-ring (bicyclic) bond motifs is 4. The smallest absolute Gasteiger partial charge is 0.416 e. The molecule has 2 aromatic carbocycles. The first-order chi connectivity index (χ1) is 12.7. The molecule has 0 aliphatic carbocycles. The number of nitrogens with zero attached hydrogens (tertiary/aromatic N) is 1. The van der Waals surface area contributed by atoms with Crippen molar-refractivity contribution >= 4 is 23.0 Å². The van der Waals surface area contributed by atoms with Crippen molar-refractivity contribution in [3.05, 3.63) is 59.2 Å². The molecule has 0 aromatic heterocycles. The van der Waals surface area contributed by atoms with Crippen LogP contribution in [0.2, 0.25) is 0 Å². The molecular formula is C20H19F3N2OS. The van der Waals surface area contributed by atoms with Gasteiger partial charge in [0.2, 0.25) is 0 Å². The van der Waals surface area contributed by atoms with Crippen LogP contribution in [0.15, 0.2) is 42.5 Å². The SMILES string of the molecule is CCc1ccc2c(c1)[C@H]1C[C@@](C)(O2)N(c2cccc(C(F)(F)F)c2)C(=S)N1. The normalized spacial score (nSPS) is 24.1. The fourth-order valence-electron chi connectivity index (χ4n) is 3.86. The van der Waals surface area contributed by atoms with E-state index in [2.05, 4.69) is 18.3 Å². The molecular weight excluding hydrogens is 373 g/mol. The van der Waals surface area contributed by atoms with Crippen LogP contribution in [0.25, 0.3) is 0 Å². The quantitative estimate of drug-likeness (QED) is 0.710. The predicted molar refractivity (Wildman–Crippen MR) is 102 cm³/mol. The maximum absolute atomic E-state index is 13.2. The molecule has 1 saturated heterocycles. The van der Waals surface area contributed by atoms with E-state index in [0.717, 1.165) is 29.9 Å². The van der Waals surface area contributed by atoms with Gasteiger partial charge < -0.3 is 10.1 Å². The minimum absolute atomic E-state index is 0.0280. The van der Waals surface area contributed by atoms with Gasteiger partial charge in [-0.1, -0.05) is 25.1 Å². The van der Waals surface area contributed by atoms with Gasteiger partial charge in [0.1, 0.15) is 5.75 Å². The highest BCUT2D eigenvalue weighted by molar-refractivity contribution is 7.80. The Morgan fingerprint density at radius 2 is 2.04 bits per heavy atom. The topological polar surface area (TPSA) is 24.5 Å². The zero-order chi connectivity index (χ0) is 19.4. The van der Waals surface area contributed by atoms with Gasteiger partial charge in [-0.05, 0) is 55.4 Å². The Labute approximate surface area is 161 Å². The van der Waals surface area contributed by atoms with Gasteiger partial charge in [0.25, 0.3) is 0 Å². The molecule has 2 heterocycles. The number of nitrogens with one attached hydrogen (secondary N) is 1. The third kappa shape index (κ3) is 3.04.